The lowest BCUT2D eigenvalue weighted by Crippen LogP contribution is -2.37. The molecule has 1 saturated heterocycles. The molecule has 0 aliphatic carbocycles. The smallest absolute Gasteiger partial charge is 0.244 e. The number of fused-ring (bicyclic) bond motifs is 1. The maximum absolute atomic E-state index is 12.9. The molecule has 2 heterocycles. The molecule has 0 amide bonds. The highest BCUT2D eigenvalue weighted by Gasteiger charge is 2.35. The number of aryl methyl sites for hydroxylation is 1. The van der Waals surface area contributed by atoms with Gasteiger partial charge in [0.15, 0.2) is 0 Å². The Kier molecular flexibility index (Phi) is 3.69. The number of aliphatic hydroxyl groups excluding tert-OH is 1. The molecule has 0 unspecified atom stereocenters. The van der Waals surface area contributed by atoms with Crippen LogP contribution in [0.5, 0.6) is 0 Å². The summed E-state index contributed by atoms with van der Waals surface area (Å²) < 4.78 is 27.3. The molecule has 1 aromatic heterocycles. The van der Waals surface area contributed by atoms with Crippen LogP contribution in [0.3, 0.4) is 0 Å². The first-order valence-electron chi connectivity index (χ1n) is 7.03. The largest absolute Gasteiger partial charge is 0.395 e. The van der Waals surface area contributed by atoms with Crippen molar-refractivity contribution in [1.82, 2.24) is 9.29 Å². The Hall–Kier alpha value is -1.50. The van der Waals surface area contributed by atoms with Gasteiger partial charge >= 0.3 is 0 Å². The molecular formula is C15H18N2O3S. The molecule has 1 aromatic carbocycles. The van der Waals surface area contributed by atoms with Crippen LogP contribution in [0.1, 0.15) is 18.4 Å². The third-order valence-electron chi connectivity index (χ3n) is 4.05. The van der Waals surface area contributed by atoms with Crippen molar-refractivity contribution in [2.75, 3.05) is 13.2 Å². The third-order valence-corrected chi connectivity index (χ3v) is 6.06. The zero-order valence-electron chi connectivity index (χ0n) is 11.9. The van der Waals surface area contributed by atoms with Crippen molar-refractivity contribution in [3.63, 3.8) is 0 Å². The van der Waals surface area contributed by atoms with Crippen LogP contribution in [-0.2, 0) is 10.0 Å². The summed E-state index contributed by atoms with van der Waals surface area (Å²) in [6.45, 7) is 2.24. The zero-order chi connectivity index (χ0) is 15.0. The van der Waals surface area contributed by atoms with Gasteiger partial charge in [0.05, 0.1) is 17.0 Å². The van der Waals surface area contributed by atoms with Gasteiger partial charge in [-0.2, -0.15) is 4.31 Å². The van der Waals surface area contributed by atoms with E-state index in [-0.39, 0.29) is 17.5 Å². The van der Waals surface area contributed by atoms with E-state index >= 15 is 0 Å². The number of aromatic nitrogens is 1. The van der Waals surface area contributed by atoms with Gasteiger partial charge in [-0.1, -0.05) is 6.07 Å². The lowest BCUT2D eigenvalue weighted by Gasteiger charge is -2.23. The van der Waals surface area contributed by atoms with Gasteiger partial charge in [0.1, 0.15) is 0 Å². The predicted molar refractivity (Wildman–Crippen MR) is 80.5 cm³/mol. The molecule has 1 atom stereocenters. The molecule has 1 aliphatic heterocycles. The summed E-state index contributed by atoms with van der Waals surface area (Å²) in [7, 11) is -3.61. The molecule has 21 heavy (non-hydrogen) atoms. The van der Waals surface area contributed by atoms with E-state index in [0.29, 0.717) is 23.9 Å². The van der Waals surface area contributed by atoms with Crippen LogP contribution in [0.2, 0.25) is 0 Å². The van der Waals surface area contributed by atoms with Gasteiger partial charge in [0.2, 0.25) is 10.0 Å². The number of benzene rings is 1. The SMILES string of the molecule is Cc1ccc(S(=O)(=O)N2CCC[C@@H]2CO)c2cccnc12. The first-order valence-corrected chi connectivity index (χ1v) is 8.47. The Bertz CT molecular complexity index is 774. The van der Waals surface area contributed by atoms with E-state index in [1.807, 2.05) is 6.92 Å². The van der Waals surface area contributed by atoms with Crippen molar-refractivity contribution >= 4 is 20.9 Å². The molecule has 0 radical (unpaired) electrons. The molecule has 112 valence electrons. The lowest BCUT2D eigenvalue weighted by atomic mass is 10.1. The summed E-state index contributed by atoms with van der Waals surface area (Å²) in [6, 6.07) is 6.64. The van der Waals surface area contributed by atoms with E-state index in [2.05, 4.69) is 4.98 Å². The third kappa shape index (κ3) is 2.33. The van der Waals surface area contributed by atoms with Crippen molar-refractivity contribution < 1.29 is 13.5 Å². The highest BCUT2D eigenvalue weighted by molar-refractivity contribution is 7.89. The summed E-state index contributed by atoms with van der Waals surface area (Å²) in [5, 5.41) is 10.0. The van der Waals surface area contributed by atoms with Crippen LogP contribution < -0.4 is 0 Å². The molecule has 3 rings (SSSR count). The van der Waals surface area contributed by atoms with Crippen molar-refractivity contribution in [2.24, 2.45) is 0 Å². The minimum atomic E-state index is -3.61. The Balaban J connectivity index is 2.18. The van der Waals surface area contributed by atoms with Gasteiger partial charge in [-0.3, -0.25) is 4.98 Å². The topological polar surface area (TPSA) is 70.5 Å². The Morgan fingerprint density at radius 1 is 1.38 bits per heavy atom. The molecule has 6 heteroatoms. The second-order valence-corrected chi connectivity index (χ2v) is 7.23. The second kappa shape index (κ2) is 5.36. The summed E-state index contributed by atoms with van der Waals surface area (Å²) >= 11 is 0. The summed E-state index contributed by atoms with van der Waals surface area (Å²) in [5.74, 6) is 0. The van der Waals surface area contributed by atoms with E-state index in [4.69, 9.17) is 0 Å². The van der Waals surface area contributed by atoms with Gasteiger partial charge in [-0.15, -0.1) is 0 Å². The number of aliphatic hydroxyl groups is 1. The average Bonchev–Trinajstić information content (AvgIpc) is 2.97. The average molecular weight is 306 g/mol. The number of pyridine rings is 1. The molecular weight excluding hydrogens is 288 g/mol. The number of hydrogen-bond acceptors (Lipinski definition) is 4. The lowest BCUT2D eigenvalue weighted by molar-refractivity contribution is 0.213. The molecule has 1 aliphatic rings. The molecule has 0 spiro atoms. The van der Waals surface area contributed by atoms with Crippen molar-refractivity contribution in [3.8, 4) is 0 Å². The monoisotopic (exact) mass is 306 g/mol. The van der Waals surface area contributed by atoms with Gasteiger partial charge in [0, 0.05) is 24.2 Å². The first kappa shape index (κ1) is 14.4. The van der Waals surface area contributed by atoms with Crippen LogP contribution in [-0.4, -0.2) is 42.0 Å². The summed E-state index contributed by atoms with van der Waals surface area (Å²) in [4.78, 5) is 4.56. The van der Waals surface area contributed by atoms with Crippen molar-refractivity contribution in [1.29, 1.82) is 0 Å². The van der Waals surface area contributed by atoms with Crippen molar-refractivity contribution in [2.45, 2.75) is 30.7 Å². The number of rotatable bonds is 3. The van der Waals surface area contributed by atoms with Gasteiger partial charge < -0.3 is 5.11 Å². The molecule has 1 fully saturated rings. The number of nitrogens with zero attached hydrogens (tertiary/aromatic N) is 2. The van der Waals surface area contributed by atoms with Gasteiger partial charge in [0.25, 0.3) is 0 Å². The standard InChI is InChI=1S/C15H18N2O3S/c1-11-6-7-14(13-5-2-8-16-15(11)13)21(19,20)17-9-3-4-12(17)10-18/h2,5-8,12,18H,3-4,9-10H2,1H3/t12-/m1/s1. The first-order chi connectivity index (χ1) is 10.1. The molecule has 5 nitrogen and oxygen atoms in total. The van der Waals surface area contributed by atoms with E-state index in [0.717, 1.165) is 12.0 Å². The maximum Gasteiger partial charge on any atom is 0.244 e. The van der Waals surface area contributed by atoms with Crippen LogP contribution >= 0.6 is 0 Å². The molecule has 2 aromatic rings. The Morgan fingerprint density at radius 2 is 2.19 bits per heavy atom. The van der Waals surface area contributed by atoms with Crippen LogP contribution in [0.15, 0.2) is 35.4 Å². The van der Waals surface area contributed by atoms with Crippen molar-refractivity contribution in [3.05, 3.63) is 36.0 Å². The van der Waals surface area contributed by atoms with Gasteiger partial charge in [-0.05, 0) is 43.5 Å². The number of hydrogen-bond donors (Lipinski definition) is 1. The fourth-order valence-electron chi connectivity index (χ4n) is 2.95. The second-order valence-electron chi connectivity index (χ2n) is 5.37. The highest BCUT2D eigenvalue weighted by atomic mass is 32.2. The van der Waals surface area contributed by atoms with Crippen LogP contribution in [0.25, 0.3) is 10.9 Å². The number of sulfonamides is 1. The predicted octanol–water partition coefficient (Wildman–Crippen LogP) is 1.69. The minimum Gasteiger partial charge on any atom is -0.395 e. The fourth-order valence-corrected chi connectivity index (χ4v) is 4.82. The quantitative estimate of drug-likeness (QED) is 0.937. The zero-order valence-corrected chi connectivity index (χ0v) is 12.7. The Morgan fingerprint density at radius 3 is 2.95 bits per heavy atom. The maximum atomic E-state index is 12.9. The Labute approximate surface area is 124 Å². The molecule has 1 N–H and O–H groups in total. The minimum absolute atomic E-state index is 0.138. The highest BCUT2D eigenvalue weighted by Crippen LogP contribution is 2.30. The summed E-state index contributed by atoms with van der Waals surface area (Å²) in [5.41, 5.74) is 1.66. The van der Waals surface area contributed by atoms with E-state index in [1.54, 1.807) is 30.5 Å². The van der Waals surface area contributed by atoms with Crippen LogP contribution in [0.4, 0.5) is 0 Å². The summed E-state index contributed by atoms with van der Waals surface area (Å²) in [6.07, 6.45) is 3.16. The van der Waals surface area contributed by atoms with Crippen LogP contribution in [0, 0.1) is 6.92 Å². The molecule has 0 saturated carbocycles. The van der Waals surface area contributed by atoms with E-state index in [1.165, 1.54) is 4.31 Å². The van der Waals surface area contributed by atoms with E-state index < -0.39 is 10.0 Å². The van der Waals surface area contributed by atoms with Gasteiger partial charge in [-0.25, -0.2) is 8.42 Å². The molecule has 0 bridgehead atoms. The van der Waals surface area contributed by atoms with E-state index in [9.17, 15) is 13.5 Å². The fraction of sp³-hybridized carbons (Fsp3) is 0.400. The normalized spacial score (nSPS) is 20.2.